The number of nitrogens with zero attached hydrogens (tertiary/aromatic N) is 2. The van der Waals surface area contributed by atoms with E-state index in [1.54, 1.807) is 24.3 Å². The Labute approximate surface area is 168 Å². The Morgan fingerprint density at radius 2 is 1.76 bits per heavy atom. The van der Waals surface area contributed by atoms with Crippen LogP contribution in [0.1, 0.15) is 23.2 Å². The van der Waals surface area contributed by atoms with Gasteiger partial charge in [-0.2, -0.15) is 4.31 Å². The number of non-ortho nitro benzene ring substituents is 1. The first kappa shape index (κ1) is 20.7. The first-order valence-electron chi connectivity index (χ1n) is 9.25. The summed E-state index contributed by atoms with van der Waals surface area (Å²) >= 11 is 0. The van der Waals surface area contributed by atoms with Crippen LogP contribution in [0.2, 0.25) is 0 Å². The summed E-state index contributed by atoms with van der Waals surface area (Å²) < 4.78 is 26.7. The molecule has 0 saturated carbocycles. The minimum absolute atomic E-state index is 0.00705. The molecule has 2 aromatic carbocycles. The Bertz CT molecular complexity index is 986. The molecule has 0 spiro atoms. The lowest BCUT2D eigenvalue weighted by Gasteiger charge is -2.16. The van der Waals surface area contributed by atoms with Crippen molar-refractivity contribution in [1.82, 2.24) is 9.62 Å². The molecule has 1 fully saturated rings. The number of hydrogen-bond donors (Lipinski definition) is 2. The lowest BCUT2D eigenvalue weighted by Crippen LogP contribution is -2.30. The minimum atomic E-state index is -3.57. The van der Waals surface area contributed by atoms with Crippen molar-refractivity contribution >= 4 is 27.3 Å². The maximum Gasteiger partial charge on any atom is 0.269 e. The Morgan fingerprint density at radius 3 is 2.41 bits per heavy atom. The molecule has 2 N–H and O–H groups in total. The molecule has 0 radical (unpaired) electrons. The molecule has 1 saturated heterocycles. The standard InChI is InChI=1S/C19H22N4O5S/c24-19(21-11-10-20-16-6-8-17(9-7-16)23(25)26)15-4-3-5-18(14-15)29(27,28)22-12-1-2-13-22/h3-9,14,20H,1-2,10-13H2,(H,21,24). The molecule has 0 atom stereocenters. The SMILES string of the molecule is O=C(NCCNc1ccc([N+](=O)[O-])cc1)c1cccc(S(=O)(=O)N2CCCC2)c1. The number of amides is 1. The van der Waals surface area contributed by atoms with Crippen LogP contribution < -0.4 is 10.6 Å². The molecule has 10 heteroatoms. The number of rotatable bonds is 8. The summed E-state index contributed by atoms with van der Waals surface area (Å²) in [6.07, 6.45) is 1.70. The van der Waals surface area contributed by atoms with Crippen LogP contribution in [-0.4, -0.2) is 49.7 Å². The Kier molecular flexibility index (Phi) is 6.45. The number of nitrogens with one attached hydrogen (secondary N) is 2. The third-order valence-electron chi connectivity index (χ3n) is 4.62. The molecule has 0 bridgehead atoms. The summed E-state index contributed by atoms with van der Waals surface area (Å²) in [5, 5.41) is 16.4. The monoisotopic (exact) mass is 418 g/mol. The van der Waals surface area contributed by atoms with Crippen molar-refractivity contribution in [3.63, 3.8) is 0 Å². The molecule has 0 aromatic heterocycles. The quantitative estimate of drug-likeness (QED) is 0.385. The van der Waals surface area contributed by atoms with Gasteiger partial charge in [0.25, 0.3) is 11.6 Å². The van der Waals surface area contributed by atoms with Crippen LogP contribution in [0.15, 0.2) is 53.4 Å². The van der Waals surface area contributed by atoms with Crippen molar-refractivity contribution in [2.24, 2.45) is 0 Å². The van der Waals surface area contributed by atoms with Crippen LogP contribution in [0.4, 0.5) is 11.4 Å². The van der Waals surface area contributed by atoms with Gasteiger partial charge in [-0.05, 0) is 43.2 Å². The number of nitro benzene ring substituents is 1. The van der Waals surface area contributed by atoms with E-state index in [1.807, 2.05) is 0 Å². The third-order valence-corrected chi connectivity index (χ3v) is 6.51. The second-order valence-corrected chi connectivity index (χ2v) is 8.56. The van der Waals surface area contributed by atoms with Crippen molar-refractivity contribution in [3.05, 3.63) is 64.2 Å². The molecule has 1 aliphatic rings. The van der Waals surface area contributed by atoms with Crippen molar-refractivity contribution < 1.29 is 18.1 Å². The van der Waals surface area contributed by atoms with Gasteiger partial charge in [0.15, 0.2) is 0 Å². The predicted molar refractivity (Wildman–Crippen MR) is 108 cm³/mol. The van der Waals surface area contributed by atoms with E-state index >= 15 is 0 Å². The zero-order valence-electron chi connectivity index (χ0n) is 15.7. The summed E-state index contributed by atoms with van der Waals surface area (Å²) in [7, 11) is -3.57. The fraction of sp³-hybridized carbons (Fsp3) is 0.316. The zero-order chi connectivity index (χ0) is 20.9. The molecule has 3 rings (SSSR count). The highest BCUT2D eigenvalue weighted by Gasteiger charge is 2.27. The Morgan fingerprint density at radius 1 is 1.07 bits per heavy atom. The number of anilines is 1. The van der Waals surface area contributed by atoms with E-state index in [2.05, 4.69) is 10.6 Å². The molecule has 29 heavy (non-hydrogen) atoms. The summed E-state index contributed by atoms with van der Waals surface area (Å²) in [5.41, 5.74) is 0.983. The van der Waals surface area contributed by atoms with Gasteiger partial charge in [0.1, 0.15) is 0 Å². The second-order valence-electron chi connectivity index (χ2n) is 6.63. The normalized spacial score (nSPS) is 14.5. The molecule has 0 unspecified atom stereocenters. The van der Waals surface area contributed by atoms with Gasteiger partial charge in [0.2, 0.25) is 10.0 Å². The number of hydrogen-bond acceptors (Lipinski definition) is 6. The highest BCUT2D eigenvalue weighted by Crippen LogP contribution is 2.21. The molecule has 1 heterocycles. The van der Waals surface area contributed by atoms with Crippen molar-refractivity contribution in [2.75, 3.05) is 31.5 Å². The highest BCUT2D eigenvalue weighted by molar-refractivity contribution is 7.89. The Hall–Kier alpha value is -2.98. The first-order valence-corrected chi connectivity index (χ1v) is 10.7. The van der Waals surface area contributed by atoms with Gasteiger partial charge < -0.3 is 10.6 Å². The second kappa shape index (κ2) is 9.01. The van der Waals surface area contributed by atoms with Gasteiger partial charge in [-0.15, -0.1) is 0 Å². The highest BCUT2D eigenvalue weighted by atomic mass is 32.2. The topological polar surface area (TPSA) is 122 Å². The summed E-state index contributed by atoms with van der Waals surface area (Å²) in [6, 6.07) is 12.0. The van der Waals surface area contributed by atoms with Crippen LogP contribution in [0.25, 0.3) is 0 Å². The van der Waals surface area contributed by atoms with Crippen LogP contribution in [-0.2, 0) is 10.0 Å². The van der Waals surface area contributed by atoms with E-state index in [9.17, 15) is 23.3 Å². The predicted octanol–water partition coefficient (Wildman–Crippen LogP) is 2.22. The van der Waals surface area contributed by atoms with Gasteiger partial charge in [0, 0.05) is 49.6 Å². The van der Waals surface area contributed by atoms with E-state index in [-0.39, 0.29) is 22.1 Å². The van der Waals surface area contributed by atoms with Gasteiger partial charge in [-0.25, -0.2) is 8.42 Å². The van der Waals surface area contributed by atoms with Gasteiger partial charge in [-0.3, -0.25) is 14.9 Å². The average Bonchev–Trinajstić information content (AvgIpc) is 3.27. The van der Waals surface area contributed by atoms with Crippen LogP contribution in [0, 0.1) is 10.1 Å². The number of carbonyl (C=O) groups excluding carboxylic acids is 1. The maximum atomic E-state index is 12.6. The molecule has 154 valence electrons. The summed E-state index contributed by atoms with van der Waals surface area (Å²) in [6.45, 7) is 1.73. The molecule has 1 amide bonds. The third kappa shape index (κ3) is 5.09. The number of sulfonamides is 1. The van der Waals surface area contributed by atoms with Gasteiger partial charge >= 0.3 is 0 Å². The lowest BCUT2D eigenvalue weighted by molar-refractivity contribution is -0.384. The van der Waals surface area contributed by atoms with E-state index in [4.69, 9.17) is 0 Å². The molecule has 0 aliphatic carbocycles. The van der Waals surface area contributed by atoms with E-state index < -0.39 is 14.9 Å². The summed E-state index contributed by atoms with van der Waals surface area (Å²) in [5.74, 6) is -0.367. The van der Waals surface area contributed by atoms with Gasteiger partial charge in [0.05, 0.1) is 9.82 Å². The van der Waals surface area contributed by atoms with E-state index in [0.29, 0.717) is 31.9 Å². The maximum absolute atomic E-state index is 12.6. The number of carbonyl (C=O) groups is 1. The fourth-order valence-corrected chi connectivity index (χ4v) is 4.62. The largest absolute Gasteiger partial charge is 0.383 e. The smallest absolute Gasteiger partial charge is 0.269 e. The van der Waals surface area contributed by atoms with E-state index in [1.165, 1.54) is 28.6 Å². The van der Waals surface area contributed by atoms with Crippen molar-refractivity contribution in [2.45, 2.75) is 17.7 Å². The van der Waals surface area contributed by atoms with Crippen LogP contribution in [0.5, 0.6) is 0 Å². The van der Waals surface area contributed by atoms with Crippen molar-refractivity contribution in [3.8, 4) is 0 Å². The number of benzene rings is 2. The van der Waals surface area contributed by atoms with Crippen LogP contribution >= 0.6 is 0 Å². The molecule has 9 nitrogen and oxygen atoms in total. The molecular formula is C19H22N4O5S. The Balaban J connectivity index is 1.54. The van der Waals surface area contributed by atoms with Crippen LogP contribution in [0.3, 0.4) is 0 Å². The first-order chi connectivity index (χ1) is 13.9. The molecule has 2 aromatic rings. The van der Waals surface area contributed by atoms with Crippen molar-refractivity contribution in [1.29, 1.82) is 0 Å². The molecular weight excluding hydrogens is 396 g/mol. The minimum Gasteiger partial charge on any atom is -0.383 e. The van der Waals surface area contributed by atoms with Gasteiger partial charge in [-0.1, -0.05) is 6.07 Å². The zero-order valence-corrected chi connectivity index (χ0v) is 16.5. The van der Waals surface area contributed by atoms with E-state index in [0.717, 1.165) is 12.8 Å². The fourth-order valence-electron chi connectivity index (χ4n) is 3.06. The lowest BCUT2D eigenvalue weighted by atomic mass is 10.2. The average molecular weight is 418 g/mol. The summed E-state index contributed by atoms with van der Waals surface area (Å²) in [4.78, 5) is 22.6. The number of nitro groups is 1. The molecule has 1 aliphatic heterocycles.